The normalized spacial score (nSPS) is 17.6. The minimum Gasteiger partial charge on any atom is -0.491 e. The number of halogens is 1. The van der Waals surface area contributed by atoms with Crippen LogP contribution in [-0.4, -0.2) is 37.3 Å². The monoisotopic (exact) mass is 422 g/mol. The van der Waals surface area contributed by atoms with E-state index in [-0.39, 0.29) is 16.9 Å². The van der Waals surface area contributed by atoms with Gasteiger partial charge < -0.3 is 10.1 Å². The molecule has 1 saturated heterocycles. The van der Waals surface area contributed by atoms with Crippen LogP contribution in [0.5, 0.6) is 5.75 Å². The van der Waals surface area contributed by atoms with Gasteiger partial charge in [0.15, 0.2) is 0 Å². The van der Waals surface area contributed by atoms with Gasteiger partial charge in [0.2, 0.25) is 15.9 Å². The van der Waals surface area contributed by atoms with Crippen molar-refractivity contribution < 1.29 is 17.9 Å². The highest BCUT2D eigenvalue weighted by Gasteiger charge is 2.39. The molecule has 1 aliphatic rings. The molecule has 0 spiro atoms. The van der Waals surface area contributed by atoms with Gasteiger partial charge in [0.1, 0.15) is 11.8 Å². The molecule has 0 aromatic heterocycles. The molecular formula is C20H23ClN2O4S. The Labute approximate surface area is 170 Å². The van der Waals surface area contributed by atoms with Gasteiger partial charge in [-0.25, -0.2) is 8.42 Å². The van der Waals surface area contributed by atoms with Gasteiger partial charge in [-0.05, 0) is 63.1 Å². The third kappa shape index (κ3) is 4.66. The van der Waals surface area contributed by atoms with E-state index >= 15 is 0 Å². The molecule has 1 heterocycles. The molecule has 1 aliphatic heterocycles. The van der Waals surface area contributed by atoms with Crippen LogP contribution in [-0.2, 0) is 14.8 Å². The Morgan fingerprint density at radius 1 is 1.21 bits per heavy atom. The van der Waals surface area contributed by atoms with E-state index in [9.17, 15) is 13.2 Å². The average molecular weight is 423 g/mol. The first-order chi connectivity index (χ1) is 13.3. The lowest BCUT2D eigenvalue weighted by Crippen LogP contribution is -2.43. The van der Waals surface area contributed by atoms with E-state index in [4.69, 9.17) is 16.3 Å². The van der Waals surface area contributed by atoms with Crippen LogP contribution in [0.1, 0.15) is 26.7 Å². The second kappa shape index (κ2) is 8.51. The molecule has 3 rings (SSSR count). The first-order valence-corrected chi connectivity index (χ1v) is 10.9. The fraction of sp³-hybridized carbons (Fsp3) is 0.350. The number of nitrogens with one attached hydrogen (secondary N) is 1. The third-order valence-corrected chi connectivity index (χ3v) is 6.57. The van der Waals surface area contributed by atoms with Crippen molar-refractivity contribution in [3.05, 3.63) is 53.6 Å². The van der Waals surface area contributed by atoms with Gasteiger partial charge >= 0.3 is 0 Å². The fourth-order valence-corrected chi connectivity index (χ4v) is 4.96. The van der Waals surface area contributed by atoms with Gasteiger partial charge in [-0.1, -0.05) is 17.7 Å². The van der Waals surface area contributed by atoms with Crippen molar-refractivity contribution in [1.29, 1.82) is 0 Å². The highest BCUT2D eigenvalue weighted by Crippen LogP contribution is 2.28. The molecule has 1 fully saturated rings. The average Bonchev–Trinajstić information content (AvgIpc) is 3.12. The Morgan fingerprint density at radius 2 is 1.93 bits per heavy atom. The maximum absolute atomic E-state index is 13.0. The first kappa shape index (κ1) is 20.6. The molecule has 1 unspecified atom stereocenters. The number of ether oxygens (including phenoxy) is 1. The maximum Gasteiger partial charge on any atom is 0.243 e. The van der Waals surface area contributed by atoms with Crippen molar-refractivity contribution in [3.8, 4) is 5.75 Å². The highest BCUT2D eigenvalue weighted by molar-refractivity contribution is 7.89. The Bertz CT molecular complexity index is 945. The van der Waals surface area contributed by atoms with Crippen molar-refractivity contribution in [3.63, 3.8) is 0 Å². The molecule has 1 N–H and O–H groups in total. The summed E-state index contributed by atoms with van der Waals surface area (Å²) in [5.74, 6) is 0.293. The van der Waals surface area contributed by atoms with Crippen LogP contribution in [0, 0.1) is 0 Å². The number of hydrogen-bond acceptors (Lipinski definition) is 4. The molecule has 8 heteroatoms. The molecule has 1 amide bonds. The van der Waals surface area contributed by atoms with E-state index in [2.05, 4.69) is 5.32 Å². The molecular weight excluding hydrogens is 400 g/mol. The van der Waals surface area contributed by atoms with Gasteiger partial charge in [0.05, 0.1) is 11.0 Å². The minimum absolute atomic E-state index is 0.0146. The summed E-state index contributed by atoms with van der Waals surface area (Å²) < 4.78 is 32.8. The van der Waals surface area contributed by atoms with Gasteiger partial charge in [0.25, 0.3) is 0 Å². The molecule has 0 saturated carbocycles. The van der Waals surface area contributed by atoms with Gasteiger partial charge in [0, 0.05) is 23.3 Å². The van der Waals surface area contributed by atoms with Crippen LogP contribution < -0.4 is 10.1 Å². The lowest BCUT2D eigenvalue weighted by atomic mass is 10.2. The predicted octanol–water partition coefficient (Wildman–Crippen LogP) is 3.92. The van der Waals surface area contributed by atoms with Crippen LogP contribution >= 0.6 is 11.6 Å². The zero-order valence-corrected chi connectivity index (χ0v) is 17.3. The second-order valence-electron chi connectivity index (χ2n) is 6.91. The zero-order chi connectivity index (χ0) is 20.3. The number of rotatable bonds is 6. The quantitative estimate of drug-likeness (QED) is 0.765. The SMILES string of the molecule is CC(C)Oc1cccc(NC(=O)C2CCCN2S(=O)(=O)c2ccc(Cl)cc2)c1. The molecule has 150 valence electrons. The van der Waals surface area contributed by atoms with Crippen molar-refractivity contribution in [2.24, 2.45) is 0 Å². The van der Waals surface area contributed by atoms with Crippen LogP contribution in [0.15, 0.2) is 53.4 Å². The van der Waals surface area contributed by atoms with Crippen molar-refractivity contribution in [2.75, 3.05) is 11.9 Å². The maximum atomic E-state index is 13.0. The summed E-state index contributed by atoms with van der Waals surface area (Å²) in [6, 6.07) is 12.3. The summed E-state index contributed by atoms with van der Waals surface area (Å²) in [5, 5.41) is 3.27. The molecule has 2 aromatic carbocycles. The van der Waals surface area contributed by atoms with Gasteiger partial charge in [-0.3, -0.25) is 4.79 Å². The topological polar surface area (TPSA) is 75.7 Å². The van der Waals surface area contributed by atoms with Crippen molar-refractivity contribution in [2.45, 2.75) is 43.7 Å². The van der Waals surface area contributed by atoms with Crippen LogP contribution in [0.2, 0.25) is 5.02 Å². The van der Waals surface area contributed by atoms with Gasteiger partial charge in [-0.2, -0.15) is 4.31 Å². The van der Waals surface area contributed by atoms with E-state index in [0.29, 0.717) is 35.8 Å². The number of benzene rings is 2. The van der Waals surface area contributed by atoms with Gasteiger partial charge in [-0.15, -0.1) is 0 Å². The standard InChI is InChI=1S/C20H23ClN2O4S/c1-14(2)27-17-6-3-5-16(13-17)22-20(24)19-7-4-12-23(19)28(25,26)18-10-8-15(21)9-11-18/h3,5-6,8-11,13-14,19H,4,7,12H2,1-2H3,(H,22,24). The van der Waals surface area contributed by atoms with Crippen molar-refractivity contribution >= 4 is 33.2 Å². The Morgan fingerprint density at radius 3 is 2.61 bits per heavy atom. The Hall–Kier alpha value is -2.09. The minimum atomic E-state index is -3.78. The number of sulfonamides is 1. The van der Waals surface area contributed by atoms with Crippen LogP contribution in [0.3, 0.4) is 0 Å². The summed E-state index contributed by atoms with van der Waals surface area (Å²) in [4.78, 5) is 12.9. The number of nitrogens with zero attached hydrogens (tertiary/aromatic N) is 1. The number of amides is 1. The smallest absolute Gasteiger partial charge is 0.243 e. The summed E-state index contributed by atoms with van der Waals surface area (Å²) >= 11 is 5.85. The third-order valence-electron chi connectivity index (χ3n) is 4.40. The van der Waals surface area contributed by atoms with E-state index in [1.54, 1.807) is 18.2 Å². The van der Waals surface area contributed by atoms with E-state index < -0.39 is 16.1 Å². The number of hydrogen-bond donors (Lipinski definition) is 1. The lowest BCUT2D eigenvalue weighted by Gasteiger charge is -2.23. The number of carbonyl (C=O) groups is 1. The molecule has 2 aromatic rings. The summed E-state index contributed by atoms with van der Waals surface area (Å²) in [6.45, 7) is 4.14. The molecule has 6 nitrogen and oxygen atoms in total. The largest absolute Gasteiger partial charge is 0.491 e. The summed E-state index contributed by atoms with van der Waals surface area (Å²) in [6.07, 6.45) is 1.11. The fourth-order valence-electron chi connectivity index (χ4n) is 3.18. The Kier molecular flexibility index (Phi) is 6.27. The Balaban J connectivity index is 1.77. The second-order valence-corrected chi connectivity index (χ2v) is 9.24. The summed E-state index contributed by atoms with van der Waals surface area (Å²) in [5.41, 5.74) is 0.568. The van der Waals surface area contributed by atoms with Crippen LogP contribution in [0.25, 0.3) is 0 Å². The van der Waals surface area contributed by atoms with E-state index in [0.717, 1.165) is 0 Å². The molecule has 1 atom stereocenters. The van der Waals surface area contributed by atoms with E-state index in [1.165, 1.54) is 28.6 Å². The molecule has 0 bridgehead atoms. The predicted molar refractivity (Wildman–Crippen MR) is 109 cm³/mol. The highest BCUT2D eigenvalue weighted by atomic mass is 35.5. The molecule has 0 radical (unpaired) electrons. The zero-order valence-electron chi connectivity index (χ0n) is 15.8. The molecule has 28 heavy (non-hydrogen) atoms. The van der Waals surface area contributed by atoms with Crippen molar-refractivity contribution in [1.82, 2.24) is 4.31 Å². The molecule has 0 aliphatic carbocycles. The number of carbonyl (C=O) groups excluding carboxylic acids is 1. The first-order valence-electron chi connectivity index (χ1n) is 9.12. The lowest BCUT2D eigenvalue weighted by molar-refractivity contribution is -0.119. The van der Waals surface area contributed by atoms with Crippen LogP contribution in [0.4, 0.5) is 5.69 Å². The summed E-state index contributed by atoms with van der Waals surface area (Å²) in [7, 11) is -3.78. The number of anilines is 1. The van der Waals surface area contributed by atoms with E-state index in [1.807, 2.05) is 19.9 Å².